The van der Waals surface area contributed by atoms with Crippen LogP contribution in [-0.4, -0.2) is 14.8 Å². The zero-order chi connectivity index (χ0) is 18.9. The number of fused-ring (bicyclic) bond motifs is 1. The molecule has 5 rings (SSSR count). The highest BCUT2D eigenvalue weighted by molar-refractivity contribution is 5.86. The van der Waals surface area contributed by atoms with Crippen molar-refractivity contribution in [3.05, 3.63) is 108 Å². The Labute approximate surface area is 163 Å². The lowest BCUT2D eigenvalue weighted by Gasteiger charge is -2.23. The van der Waals surface area contributed by atoms with Crippen molar-refractivity contribution in [3.8, 4) is 11.6 Å². The molecule has 0 radical (unpaired) electrons. The first kappa shape index (κ1) is 16.5. The second kappa shape index (κ2) is 6.82. The van der Waals surface area contributed by atoms with Crippen LogP contribution in [0, 0.1) is 6.92 Å². The lowest BCUT2D eigenvalue weighted by Crippen LogP contribution is -2.13. The molecule has 0 aliphatic carbocycles. The molecule has 0 unspecified atom stereocenters. The number of nitrogens with zero attached hydrogens (tertiary/aromatic N) is 3. The van der Waals surface area contributed by atoms with Gasteiger partial charge in [-0.15, -0.1) is 10.2 Å². The second-order valence-corrected chi connectivity index (χ2v) is 6.81. The van der Waals surface area contributed by atoms with Crippen LogP contribution in [0.2, 0.25) is 0 Å². The summed E-state index contributed by atoms with van der Waals surface area (Å²) in [4.78, 5) is 0. The molecular weight excluding hydrogens is 346 g/mol. The summed E-state index contributed by atoms with van der Waals surface area (Å²) < 4.78 is 8.12. The number of aryl methyl sites for hydroxylation is 1. The third kappa shape index (κ3) is 2.79. The fourth-order valence-electron chi connectivity index (χ4n) is 3.78. The third-order valence-corrected chi connectivity index (χ3v) is 4.98. The quantitative estimate of drug-likeness (QED) is 0.414. The van der Waals surface area contributed by atoms with Crippen molar-refractivity contribution in [1.82, 2.24) is 14.8 Å². The summed E-state index contributed by atoms with van der Waals surface area (Å²) >= 11 is 0. The number of hydrogen-bond donors (Lipinski definition) is 0. The molecule has 0 bridgehead atoms. The first-order valence-corrected chi connectivity index (χ1v) is 9.31. The van der Waals surface area contributed by atoms with Crippen LogP contribution in [0.1, 0.15) is 23.1 Å². The van der Waals surface area contributed by atoms with E-state index >= 15 is 0 Å². The Morgan fingerprint density at radius 1 is 0.750 bits per heavy atom. The Morgan fingerprint density at radius 2 is 1.36 bits per heavy atom. The number of para-hydroxylation sites is 1. The molecular formula is C24H19N3O. The molecule has 0 saturated carbocycles. The maximum absolute atomic E-state index is 5.82. The van der Waals surface area contributed by atoms with E-state index in [0.29, 0.717) is 11.8 Å². The number of hydrogen-bond acceptors (Lipinski definition) is 3. The van der Waals surface area contributed by atoms with Gasteiger partial charge in [-0.05, 0) is 23.3 Å². The van der Waals surface area contributed by atoms with E-state index in [1.54, 1.807) is 0 Å². The van der Waals surface area contributed by atoms with Crippen molar-refractivity contribution in [1.29, 1.82) is 0 Å². The molecule has 0 aliphatic heterocycles. The van der Waals surface area contributed by atoms with Gasteiger partial charge in [0.1, 0.15) is 5.69 Å². The minimum absolute atomic E-state index is 0.00972. The smallest absolute Gasteiger partial charge is 0.264 e. The van der Waals surface area contributed by atoms with Crippen LogP contribution in [0.3, 0.4) is 0 Å². The van der Waals surface area contributed by atoms with Crippen LogP contribution in [0.5, 0.6) is 0 Å². The van der Waals surface area contributed by atoms with E-state index < -0.39 is 0 Å². The molecule has 0 spiro atoms. The number of aromatic nitrogens is 3. The summed E-state index contributed by atoms with van der Waals surface area (Å²) in [5.74, 6) is 1.09. The molecule has 3 aromatic carbocycles. The summed E-state index contributed by atoms with van der Waals surface area (Å²) in [6, 6.07) is 31.5. The molecule has 4 heteroatoms. The molecule has 136 valence electrons. The molecule has 28 heavy (non-hydrogen) atoms. The summed E-state index contributed by atoms with van der Waals surface area (Å²) in [5, 5.41) is 9.50. The summed E-state index contributed by atoms with van der Waals surface area (Å²) in [5.41, 5.74) is 4.45. The lowest BCUT2D eigenvalue weighted by molar-refractivity contribution is 0.525. The van der Waals surface area contributed by atoms with Gasteiger partial charge in [0, 0.05) is 17.8 Å². The Balaban J connectivity index is 1.84. The van der Waals surface area contributed by atoms with E-state index in [9.17, 15) is 0 Å². The Bertz CT molecular complexity index is 1180. The van der Waals surface area contributed by atoms with Gasteiger partial charge in [0.05, 0.1) is 6.04 Å². The van der Waals surface area contributed by atoms with Crippen molar-refractivity contribution < 1.29 is 4.42 Å². The van der Waals surface area contributed by atoms with E-state index in [2.05, 4.69) is 93.6 Å². The normalized spacial score (nSPS) is 11.4. The van der Waals surface area contributed by atoms with Crippen molar-refractivity contribution in [3.63, 3.8) is 0 Å². The predicted molar refractivity (Wildman–Crippen MR) is 110 cm³/mol. The Kier molecular flexibility index (Phi) is 4.02. The van der Waals surface area contributed by atoms with Gasteiger partial charge in [-0.2, -0.15) is 0 Å². The SMILES string of the molecule is Cc1nnc(-c2cc3ccccc3n2C(c2ccccc2)c2ccccc2)o1. The van der Waals surface area contributed by atoms with Crippen LogP contribution in [0.4, 0.5) is 0 Å². The van der Waals surface area contributed by atoms with Crippen molar-refractivity contribution in [2.75, 3.05) is 0 Å². The molecule has 2 aromatic heterocycles. The highest BCUT2D eigenvalue weighted by Gasteiger charge is 2.24. The number of benzene rings is 3. The first-order valence-electron chi connectivity index (χ1n) is 9.31. The Hall–Kier alpha value is -3.66. The molecule has 4 nitrogen and oxygen atoms in total. The van der Waals surface area contributed by atoms with E-state index in [1.807, 2.05) is 19.1 Å². The van der Waals surface area contributed by atoms with Gasteiger partial charge in [0.25, 0.3) is 5.89 Å². The maximum atomic E-state index is 5.82. The Morgan fingerprint density at radius 3 is 1.96 bits per heavy atom. The predicted octanol–water partition coefficient (Wildman–Crippen LogP) is 5.64. The van der Waals surface area contributed by atoms with Crippen LogP contribution in [-0.2, 0) is 0 Å². The van der Waals surface area contributed by atoms with E-state index in [1.165, 1.54) is 11.1 Å². The van der Waals surface area contributed by atoms with Crippen molar-refractivity contribution in [2.45, 2.75) is 13.0 Å². The molecule has 0 N–H and O–H groups in total. The molecule has 0 fully saturated rings. The largest absolute Gasteiger partial charge is 0.420 e. The van der Waals surface area contributed by atoms with Gasteiger partial charge in [0.15, 0.2) is 0 Å². The molecule has 2 heterocycles. The average Bonchev–Trinajstić information content (AvgIpc) is 3.34. The maximum Gasteiger partial charge on any atom is 0.264 e. The molecule has 0 atom stereocenters. The second-order valence-electron chi connectivity index (χ2n) is 6.81. The molecule has 5 aromatic rings. The van der Waals surface area contributed by atoms with E-state index in [-0.39, 0.29) is 6.04 Å². The average molecular weight is 365 g/mol. The fraction of sp³-hybridized carbons (Fsp3) is 0.0833. The van der Waals surface area contributed by atoms with Crippen LogP contribution in [0.15, 0.2) is 95.4 Å². The zero-order valence-corrected chi connectivity index (χ0v) is 15.5. The van der Waals surface area contributed by atoms with Gasteiger partial charge >= 0.3 is 0 Å². The highest BCUT2D eigenvalue weighted by atomic mass is 16.4. The van der Waals surface area contributed by atoms with Gasteiger partial charge < -0.3 is 8.98 Å². The van der Waals surface area contributed by atoms with Crippen molar-refractivity contribution >= 4 is 10.9 Å². The minimum Gasteiger partial charge on any atom is -0.420 e. The molecule has 0 amide bonds. The third-order valence-electron chi connectivity index (χ3n) is 4.98. The van der Waals surface area contributed by atoms with Gasteiger partial charge in [-0.3, -0.25) is 0 Å². The standard InChI is InChI=1S/C24H19N3O/c1-17-25-26-24(28-17)22-16-20-14-8-9-15-21(20)27(22)23(18-10-4-2-5-11-18)19-12-6-3-7-13-19/h2-16,23H,1H3. The van der Waals surface area contributed by atoms with Crippen molar-refractivity contribution in [2.24, 2.45) is 0 Å². The summed E-state index contributed by atoms with van der Waals surface area (Å²) in [7, 11) is 0. The van der Waals surface area contributed by atoms with E-state index in [4.69, 9.17) is 4.42 Å². The van der Waals surface area contributed by atoms with Gasteiger partial charge in [-0.25, -0.2) is 0 Å². The summed E-state index contributed by atoms with van der Waals surface area (Å²) in [6.45, 7) is 1.81. The van der Waals surface area contributed by atoms with Gasteiger partial charge in [0.2, 0.25) is 5.89 Å². The number of rotatable bonds is 4. The zero-order valence-electron chi connectivity index (χ0n) is 15.5. The molecule has 0 aliphatic rings. The van der Waals surface area contributed by atoms with Gasteiger partial charge in [-0.1, -0.05) is 78.9 Å². The highest BCUT2D eigenvalue weighted by Crippen LogP contribution is 2.36. The van der Waals surface area contributed by atoms with E-state index in [0.717, 1.165) is 16.6 Å². The molecule has 0 saturated heterocycles. The minimum atomic E-state index is -0.00972. The topological polar surface area (TPSA) is 43.9 Å². The van der Waals surface area contributed by atoms with Crippen LogP contribution in [0.25, 0.3) is 22.5 Å². The van der Waals surface area contributed by atoms with Crippen LogP contribution < -0.4 is 0 Å². The lowest BCUT2D eigenvalue weighted by atomic mass is 9.98. The summed E-state index contributed by atoms with van der Waals surface area (Å²) in [6.07, 6.45) is 0. The first-order chi connectivity index (χ1) is 13.8. The monoisotopic (exact) mass is 365 g/mol. The van der Waals surface area contributed by atoms with Crippen LogP contribution >= 0.6 is 0 Å². The fourth-order valence-corrected chi connectivity index (χ4v) is 3.78.